The second-order valence-corrected chi connectivity index (χ2v) is 6.49. The van der Waals surface area contributed by atoms with E-state index < -0.39 is 0 Å². The fourth-order valence-corrected chi connectivity index (χ4v) is 4.20. The summed E-state index contributed by atoms with van der Waals surface area (Å²) in [6, 6.07) is 8.61. The monoisotopic (exact) mass is 298 g/mol. The molecule has 2 bridgehead atoms. The summed E-state index contributed by atoms with van der Waals surface area (Å²) < 4.78 is 5.61. The maximum Gasteiger partial charge on any atom is 0.226 e. The number of aromatic nitrogens is 1. The van der Waals surface area contributed by atoms with Crippen LogP contribution in [0.3, 0.4) is 0 Å². The van der Waals surface area contributed by atoms with Crippen molar-refractivity contribution >= 4 is 16.8 Å². The number of rotatable bonds is 4. The van der Waals surface area contributed by atoms with Crippen molar-refractivity contribution in [1.82, 2.24) is 9.88 Å². The van der Waals surface area contributed by atoms with Crippen molar-refractivity contribution in [2.24, 2.45) is 5.92 Å². The van der Waals surface area contributed by atoms with Crippen molar-refractivity contribution in [3.63, 3.8) is 0 Å². The third kappa shape index (κ3) is 2.13. The summed E-state index contributed by atoms with van der Waals surface area (Å²) >= 11 is 0. The first-order chi connectivity index (χ1) is 10.8. The molecule has 3 aliphatic rings. The molecule has 0 radical (unpaired) electrons. The molecule has 3 fully saturated rings. The van der Waals surface area contributed by atoms with Gasteiger partial charge in [0.2, 0.25) is 5.91 Å². The first-order valence-corrected chi connectivity index (χ1v) is 8.16. The van der Waals surface area contributed by atoms with Gasteiger partial charge in [-0.1, -0.05) is 18.2 Å². The molecule has 1 aromatic heterocycles. The van der Waals surface area contributed by atoms with Crippen LogP contribution < -0.4 is 0 Å². The molecule has 1 amide bonds. The van der Waals surface area contributed by atoms with E-state index in [1.54, 1.807) is 7.11 Å². The van der Waals surface area contributed by atoms with Crippen LogP contribution in [0, 0.1) is 5.92 Å². The van der Waals surface area contributed by atoms with Gasteiger partial charge in [0.1, 0.15) is 0 Å². The van der Waals surface area contributed by atoms with Crippen LogP contribution in [-0.2, 0) is 16.0 Å². The zero-order valence-electron chi connectivity index (χ0n) is 12.9. The molecule has 4 nitrogen and oxygen atoms in total. The van der Waals surface area contributed by atoms with E-state index in [1.165, 1.54) is 16.5 Å². The lowest BCUT2D eigenvalue weighted by atomic mass is 9.77. The summed E-state index contributed by atoms with van der Waals surface area (Å²) in [5, 5.41) is 1.26. The Kier molecular flexibility index (Phi) is 3.41. The van der Waals surface area contributed by atoms with Crippen molar-refractivity contribution in [3.05, 3.63) is 36.0 Å². The predicted octanol–water partition coefficient (Wildman–Crippen LogP) is 2.74. The average Bonchev–Trinajstić information content (AvgIpc) is 2.98. The summed E-state index contributed by atoms with van der Waals surface area (Å²) in [7, 11) is 1.77. The number of methoxy groups -OCH3 is 1. The highest BCUT2D eigenvalue weighted by Gasteiger charge is 2.45. The fraction of sp³-hybridized carbons (Fsp3) is 0.500. The Bertz CT molecular complexity index is 693. The molecule has 1 saturated carbocycles. The lowest BCUT2D eigenvalue weighted by Gasteiger charge is -2.48. The van der Waals surface area contributed by atoms with E-state index in [0.717, 1.165) is 32.2 Å². The Labute approximate surface area is 130 Å². The van der Waals surface area contributed by atoms with Crippen molar-refractivity contribution in [2.45, 2.75) is 37.8 Å². The number of benzene rings is 1. The molecule has 2 saturated heterocycles. The molecule has 5 rings (SSSR count). The number of para-hydroxylation sites is 1. The van der Waals surface area contributed by atoms with Gasteiger partial charge in [0.25, 0.3) is 0 Å². The molecule has 22 heavy (non-hydrogen) atoms. The second-order valence-electron chi connectivity index (χ2n) is 6.49. The highest BCUT2D eigenvalue weighted by atomic mass is 16.5. The zero-order chi connectivity index (χ0) is 15.1. The van der Waals surface area contributed by atoms with Crippen molar-refractivity contribution in [2.75, 3.05) is 13.7 Å². The van der Waals surface area contributed by atoms with Gasteiger partial charge in [0, 0.05) is 36.7 Å². The maximum absolute atomic E-state index is 12.5. The van der Waals surface area contributed by atoms with Crippen molar-refractivity contribution < 1.29 is 9.53 Å². The number of aromatic amines is 1. The van der Waals surface area contributed by atoms with Crippen LogP contribution >= 0.6 is 0 Å². The van der Waals surface area contributed by atoms with E-state index >= 15 is 0 Å². The Morgan fingerprint density at radius 3 is 3.05 bits per heavy atom. The van der Waals surface area contributed by atoms with Crippen molar-refractivity contribution in [1.29, 1.82) is 0 Å². The Hall–Kier alpha value is -1.81. The summed E-state index contributed by atoms with van der Waals surface area (Å²) in [4.78, 5) is 17.9. The van der Waals surface area contributed by atoms with Gasteiger partial charge in [0.15, 0.2) is 0 Å². The second kappa shape index (κ2) is 5.43. The number of hydrogen-bond acceptors (Lipinski definition) is 2. The topological polar surface area (TPSA) is 45.3 Å². The molecule has 1 N–H and O–H groups in total. The molecule has 4 heteroatoms. The van der Waals surface area contributed by atoms with E-state index in [-0.39, 0.29) is 18.1 Å². The largest absolute Gasteiger partial charge is 0.379 e. The number of amides is 1. The van der Waals surface area contributed by atoms with Gasteiger partial charge in [-0.25, -0.2) is 0 Å². The molecule has 2 aromatic rings. The number of ether oxygens (including phenoxy) is 1. The molecule has 3 heterocycles. The number of fused-ring (bicyclic) bond motifs is 4. The minimum absolute atomic E-state index is 0.179. The van der Waals surface area contributed by atoms with Gasteiger partial charge in [-0.05, 0) is 37.3 Å². The highest BCUT2D eigenvalue weighted by molar-refractivity contribution is 5.83. The van der Waals surface area contributed by atoms with E-state index in [4.69, 9.17) is 4.74 Å². The Morgan fingerprint density at radius 1 is 1.32 bits per heavy atom. The average molecular weight is 298 g/mol. The molecule has 1 aromatic carbocycles. The Balaban J connectivity index is 1.52. The molecule has 2 aliphatic heterocycles. The summed E-state index contributed by atoms with van der Waals surface area (Å²) in [6.07, 6.45) is 6.22. The van der Waals surface area contributed by atoms with Crippen LogP contribution in [0.1, 0.15) is 24.8 Å². The van der Waals surface area contributed by atoms with Gasteiger partial charge in [0.05, 0.1) is 12.1 Å². The molecular weight excluding hydrogens is 276 g/mol. The summed E-state index contributed by atoms with van der Waals surface area (Å²) in [5.74, 6) is 0.516. The minimum atomic E-state index is 0.179. The minimum Gasteiger partial charge on any atom is -0.379 e. The van der Waals surface area contributed by atoms with Gasteiger partial charge in [-0.2, -0.15) is 0 Å². The predicted molar refractivity (Wildman–Crippen MR) is 85.6 cm³/mol. The molecule has 3 atom stereocenters. The quantitative estimate of drug-likeness (QED) is 0.943. The van der Waals surface area contributed by atoms with E-state index in [0.29, 0.717) is 5.91 Å². The van der Waals surface area contributed by atoms with Gasteiger partial charge >= 0.3 is 0 Å². The molecule has 3 unspecified atom stereocenters. The van der Waals surface area contributed by atoms with E-state index in [9.17, 15) is 4.79 Å². The van der Waals surface area contributed by atoms with Crippen LogP contribution in [0.25, 0.3) is 10.9 Å². The van der Waals surface area contributed by atoms with E-state index in [1.807, 2.05) is 6.07 Å². The van der Waals surface area contributed by atoms with Crippen LogP contribution in [0.15, 0.2) is 30.5 Å². The highest BCUT2D eigenvalue weighted by Crippen LogP contribution is 2.37. The number of carbonyl (C=O) groups excluding carboxylic acids is 1. The SMILES string of the molecule is COC1CC2CCC1N(CCc1c[nH]c3ccccc13)C2=O. The number of piperidine rings is 2. The van der Waals surface area contributed by atoms with Crippen LogP contribution in [0.5, 0.6) is 0 Å². The fourth-order valence-electron chi connectivity index (χ4n) is 4.20. The number of carbonyl (C=O) groups is 1. The van der Waals surface area contributed by atoms with Gasteiger partial charge in [-0.15, -0.1) is 0 Å². The number of H-pyrrole nitrogens is 1. The van der Waals surface area contributed by atoms with Gasteiger partial charge in [-0.3, -0.25) is 4.79 Å². The maximum atomic E-state index is 12.5. The summed E-state index contributed by atoms with van der Waals surface area (Å²) in [5.41, 5.74) is 2.46. The lowest BCUT2D eigenvalue weighted by Crippen LogP contribution is -2.59. The normalized spacial score (nSPS) is 27.8. The smallest absolute Gasteiger partial charge is 0.226 e. The first kappa shape index (κ1) is 13.8. The molecule has 116 valence electrons. The van der Waals surface area contributed by atoms with E-state index in [2.05, 4.69) is 34.3 Å². The number of hydrogen-bond donors (Lipinski definition) is 1. The third-order valence-electron chi connectivity index (χ3n) is 5.39. The van der Waals surface area contributed by atoms with Crippen LogP contribution in [0.2, 0.25) is 0 Å². The third-order valence-corrected chi connectivity index (χ3v) is 5.39. The number of nitrogens with zero attached hydrogens (tertiary/aromatic N) is 1. The molecular formula is C18H22N2O2. The molecule has 0 spiro atoms. The van der Waals surface area contributed by atoms with Crippen LogP contribution in [-0.4, -0.2) is 41.6 Å². The Morgan fingerprint density at radius 2 is 2.18 bits per heavy atom. The lowest BCUT2D eigenvalue weighted by molar-refractivity contribution is -0.158. The first-order valence-electron chi connectivity index (χ1n) is 8.16. The standard InChI is InChI=1S/C18H22N2O2/c1-22-17-10-12-6-7-16(17)20(18(12)21)9-8-13-11-19-15-5-3-2-4-14(13)15/h2-5,11-12,16-17,19H,6-10H2,1H3. The van der Waals surface area contributed by atoms with Crippen LogP contribution in [0.4, 0.5) is 0 Å². The summed E-state index contributed by atoms with van der Waals surface area (Å²) in [6.45, 7) is 0.793. The van der Waals surface area contributed by atoms with Crippen molar-refractivity contribution in [3.8, 4) is 0 Å². The zero-order valence-corrected chi connectivity index (χ0v) is 12.9. The number of nitrogens with one attached hydrogen (secondary N) is 1. The molecule has 1 aliphatic carbocycles. The van der Waals surface area contributed by atoms with Gasteiger partial charge < -0.3 is 14.6 Å².